The fourth-order valence-electron chi connectivity index (χ4n) is 9.67. The molecule has 1 atom stereocenters. The van der Waals surface area contributed by atoms with Crippen LogP contribution in [0.25, 0.3) is 56.0 Å². The minimum atomic E-state index is -0.00478. The second-order valence-electron chi connectivity index (χ2n) is 15.7. The summed E-state index contributed by atoms with van der Waals surface area (Å²) < 4.78 is 2.50. The van der Waals surface area contributed by atoms with E-state index in [1.165, 1.54) is 94.9 Å². The molecular formula is C52H40N2. The van der Waals surface area contributed by atoms with Gasteiger partial charge in [-0.05, 0) is 111 Å². The number of hydrogen-bond donors (Lipinski definition) is 0. The highest BCUT2D eigenvalue weighted by Gasteiger charge is 2.35. The summed E-state index contributed by atoms with van der Waals surface area (Å²) >= 11 is 0. The minimum Gasteiger partial charge on any atom is -0.336 e. The van der Waals surface area contributed by atoms with Gasteiger partial charge in [-0.2, -0.15) is 0 Å². The van der Waals surface area contributed by atoms with Gasteiger partial charge in [0.15, 0.2) is 0 Å². The Kier molecular flexibility index (Phi) is 6.82. The van der Waals surface area contributed by atoms with E-state index in [-0.39, 0.29) is 11.3 Å². The number of hydrogen-bond acceptors (Lipinski definition) is 1. The van der Waals surface area contributed by atoms with E-state index >= 15 is 0 Å². The highest BCUT2D eigenvalue weighted by Crippen LogP contribution is 2.50. The van der Waals surface area contributed by atoms with Crippen molar-refractivity contribution in [2.24, 2.45) is 0 Å². The van der Waals surface area contributed by atoms with E-state index in [0.29, 0.717) is 0 Å². The molecule has 0 fully saturated rings. The molecule has 0 saturated heterocycles. The second-order valence-corrected chi connectivity index (χ2v) is 15.7. The molecule has 0 amide bonds. The summed E-state index contributed by atoms with van der Waals surface area (Å²) in [6.07, 6.45) is 5.80. The first-order valence-corrected chi connectivity index (χ1v) is 19.2. The van der Waals surface area contributed by atoms with Gasteiger partial charge in [0.2, 0.25) is 0 Å². The zero-order valence-corrected chi connectivity index (χ0v) is 30.6. The Morgan fingerprint density at radius 3 is 2.13 bits per heavy atom. The molecule has 0 N–H and O–H groups in total. The third-order valence-electron chi connectivity index (χ3n) is 12.4. The molecule has 8 aromatic rings. The van der Waals surface area contributed by atoms with Crippen LogP contribution >= 0.6 is 0 Å². The van der Waals surface area contributed by atoms with Gasteiger partial charge in [0.05, 0.1) is 5.52 Å². The van der Waals surface area contributed by atoms with Crippen molar-refractivity contribution in [2.75, 3.05) is 4.90 Å². The van der Waals surface area contributed by atoms with Gasteiger partial charge in [0, 0.05) is 51.6 Å². The van der Waals surface area contributed by atoms with Gasteiger partial charge in [0.25, 0.3) is 0 Å². The van der Waals surface area contributed by atoms with Crippen LogP contribution in [0.1, 0.15) is 53.3 Å². The first-order valence-electron chi connectivity index (χ1n) is 19.2. The monoisotopic (exact) mass is 692 g/mol. The van der Waals surface area contributed by atoms with Gasteiger partial charge in [-0.1, -0.05) is 141 Å². The summed E-state index contributed by atoms with van der Waals surface area (Å²) in [5.74, 6) is 0.280. The molecule has 258 valence electrons. The molecule has 2 nitrogen and oxygen atoms in total. The van der Waals surface area contributed by atoms with Gasteiger partial charge in [-0.3, -0.25) is 0 Å². The lowest BCUT2D eigenvalue weighted by Crippen LogP contribution is -2.21. The molecule has 1 aliphatic heterocycles. The quantitative estimate of drug-likeness (QED) is 0.178. The molecule has 1 unspecified atom stereocenters. The molecule has 3 aliphatic rings. The van der Waals surface area contributed by atoms with Crippen molar-refractivity contribution in [1.29, 1.82) is 0 Å². The topological polar surface area (TPSA) is 8.17 Å². The molecule has 0 radical (unpaired) electrons. The lowest BCUT2D eigenvalue weighted by molar-refractivity contribution is 0.660. The molecule has 2 aliphatic carbocycles. The van der Waals surface area contributed by atoms with E-state index in [9.17, 15) is 0 Å². The lowest BCUT2D eigenvalue weighted by atomic mass is 9.82. The molecule has 2 heterocycles. The Morgan fingerprint density at radius 1 is 0.556 bits per heavy atom. The summed E-state index contributed by atoms with van der Waals surface area (Å²) in [5, 5.41) is 1.34. The first-order chi connectivity index (χ1) is 26.5. The number of para-hydroxylation sites is 1. The highest BCUT2D eigenvalue weighted by atomic mass is 15.1. The fourth-order valence-corrected chi connectivity index (χ4v) is 9.67. The average Bonchev–Trinajstić information content (AvgIpc) is 3.68. The zero-order chi connectivity index (χ0) is 36.0. The van der Waals surface area contributed by atoms with Crippen LogP contribution in [0.4, 0.5) is 11.4 Å². The van der Waals surface area contributed by atoms with Crippen LogP contribution in [-0.2, 0) is 18.4 Å². The number of allylic oxidation sites excluding steroid dienone is 1. The molecule has 54 heavy (non-hydrogen) atoms. The van der Waals surface area contributed by atoms with E-state index in [1.807, 2.05) is 0 Å². The maximum Gasteiger partial charge on any atom is 0.0537 e. The Bertz CT molecular complexity index is 2800. The number of benzene rings is 7. The van der Waals surface area contributed by atoms with Crippen LogP contribution in [0.15, 0.2) is 170 Å². The summed E-state index contributed by atoms with van der Waals surface area (Å²) in [7, 11) is 0. The molecule has 0 bridgehead atoms. The number of rotatable bonds is 4. The smallest absolute Gasteiger partial charge is 0.0537 e. The number of fused-ring (bicyclic) bond motifs is 9. The standard InChI is InChI=1S/C52H40N2/c1-52(2)47-18-10-8-16-42(47)44-32-40(26-27-48(44)52)54-50-19-11-9-17-43(50)46-31-37(23-29-51(46)54)36-22-28-49-45(30-36)41-15-7-6-14-38(41)33-53(49)39-24-20-35(21-25-39)34-12-4-3-5-13-34/h3-30,32,37H,31,33H2,1-2H3. The first kappa shape index (κ1) is 31.2. The Balaban J connectivity index is 0.975. The molecule has 1 aromatic heterocycles. The summed E-state index contributed by atoms with van der Waals surface area (Å²) in [6.45, 7) is 5.56. The lowest BCUT2D eigenvalue weighted by Gasteiger charge is -2.34. The molecule has 0 saturated carbocycles. The van der Waals surface area contributed by atoms with Gasteiger partial charge in [-0.25, -0.2) is 0 Å². The number of anilines is 2. The predicted octanol–water partition coefficient (Wildman–Crippen LogP) is 13.3. The summed E-state index contributed by atoms with van der Waals surface area (Å²) in [5.41, 5.74) is 21.1. The minimum absolute atomic E-state index is 0.00478. The molecule has 7 aromatic carbocycles. The predicted molar refractivity (Wildman–Crippen MR) is 226 cm³/mol. The van der Waals surface area contributed by atoms with Crippen molar-refractivity contribution >= 4 is 28.4 Å². The van der Waals surface area contributed by atoms with Crippen molar-refractivity contribution < 1.29 is 0 Å². The second kappa shape index (κ2) is 11.8. The van der Waals surface area contributed by atoms with Gasteiger partial charge >= 0.3 is 0 Å². The van der Waals surface area contributed by atoms with Gasteiger partial charge in [-0.15, -0.1) is 0 Å². The third kappa shape index (κ3) is 4.66. The molecular weight excluding hydrogens is 653 g/mol. The number of aromatic nitrogens is 1. The normalized spacial score (nSPS) is 16.0. The summed E-state index contributed by atoms with van der Waals surface area (Å²) in [6, 6.07) is 60.9. The SMILES string of the molecule is CC1(C)c2ccccc2-c2cc(-n3c4c(c5ccccc53)CC(c3ccc5c(c3)-c3ccccc3CN5c3ccc(-c5ccccc5)cc3)C=C4)ccc21. The maximum absolute atomic E-state index is 2.50. The summed E-state index contributed by atoms with van der Waals surface area (Å²) in [4.78, 5) is 2.48. The van der Waals surface area contributed by atoms with Crippen LogP contribution < -0.4 is 4.90 Å². The maximum atomic E-state index is 2.50. The van der Waals surface area contributed by atoms with Crippen LogP contribution in [0.2, 0.25) is 0 Å². The Hall–Kier alpha value is -6.38. The fraction of sp³-hybridized carbons (Fsp3) is 0.115. The van der Waals surface area contributed by atoms with E-state index in [4.69, 9.17) is 0 Å². The van der Waals surface area contributed by atoms with Gasteiger partial charge in [0.1, 0.15) is 0 Å². The van der Waals surface area contributed by atoms with E-state index in [0.717, 1.165) is 13.0 Å². The van der Waals surface area contributed by atoms with Gasteiger partial charge < -0.3 is 9.47 Å². The zero-order valence-electron chi connectivity index (χ0n) is 30.6. The average molecular weight is 693 g/mol. The van der Waals surface area contributed by atoms with E-state index in [1.54, 1.807) is 0 Å². The van der Waals surface area contributed by atoms with Crippen LogP contribution in [0, 0.1) is 0 Å². The molecule has 0 spiro atoms. The van der Waals surface area contributed by atoms with Crippen LogP contribution in [0.5, 0.6) is 0 Å². The van der Waals surface area contributed by atoms with Crippen molar-refractivity contribution in [3.63, 3.8) is 0 Å². The Labute approximate surface area is 317 Å². The van der Waals surface area contributed by atoms with E-state index < -0.39 is 0 Å². The van der Waals surface area contributed by atoms with Crippen molar-refractivity contribution in [3.8, 4) is 39.1 Å². The van der Waals surface area contributed by atoms with Crippen molar-refractivity contribution in [3.05, 3.63) is 203 Å². The van der Waals surface area contributed by atoms with Crippen molar-refractivity contribution in [2.45, 2.75) is 38.1 Å². The third-order valence-corrected chi connectivity index (χ3v) is 12.4. The highest BCUT2D eigenvalue weighted by molar-refractivity contribution is 5.93. The molecule has 11 rings (SSSR count). The Morgan fingerprint density at radius 2 is 1.26 bits per heavy atom. The number of nitrogens with zero attached hydrogens (tertiary/aromatic N) is 2. The largest absolute Gasteiger partial charge is 0.336 e. The van der Waals surface area contributed by atoms with E-state index in [2.05, 4.69) is 199 Å². The molecule has 2 heteroatoms. The van der Waals surface area contributed by atoms with Crippen molar-refractivity contribution in [1.82, 2.24) is 4.57 Å². The van der Waals surface area contributed by atoms with Crippen LogP contribution in [0.3, 0.4) is 0 Å². The van der Waals surface area contributed by atoms with Crippen LogP contribution in [-0.4, -0.2) is 4.57 Å².